The number of aromatic nitrogens is 1. The zero-order valence-electron chi connectivity index (χ0n) is 11.7. The summed E-state index contributed by atoms with van der Waals surface area (Å²) in [6.45, 7) is 0.708. The minimum Gasteiger partial charge on any atom is -0.347 e. The number of nitrogens with one attached hydrogen (secondary N) is 1. The largest absolute Gasteiger partial charge is 0.347 e. The first-order valence-corrected chi connectivity index (χ1v) is 6.86. The number of benzene rings is 1. The van der Waals surface area contributed by atoms with Crippen LogP contribution in [0.4, 0.5) is 0 Å². The monoisotopic (exact) mass is 301 g/mol. The fourth-order valence-corrected chi connectivity index (χ4v) is 2.21. The average molecular weight is 302 g/mol. The van der Waals surface area contributed by atoms with Crippen LogP contribution in [0.5, 0.6) is 0 Å². The van der Waals surface area contributed by atoms with Crippen molar-refractivity contribution in [2.75, 3.05) is 6.54 Å². The van der Waals surface area contributed by atoms with E-state index in [4.69, 9.17) is 17.3 Å². The maximum absolute atomic E-state index is 12.1. The number of nitrogens with zero attached hydrogens (tertiary/aromatic N) is 1. The third-order valence-corrected chi connectivity index (χ3v) is 3.19. The Balaban J connectivity index is 2.10. The molecule has 0 atom stereocenters. The van der Waals surface area contributed by atoms with E-state index in [0.717, 1.165) is 11.1 Å². The van der Waals surface area contributed by atoms with Crippen molar-refractivity contribution >= 4 is 17.5 Å². The van der Waals surface area contributed by atoms with E-state index >= 15 is 0 Å². The number of halogens is 1. The molecule has 0 radical (unpaired) electrons. The SMILES string of the molecule is Cn1cc(Cl)cc1C(=O)NCc1ccccc1C#CCN. The highest BCUT2D eigenvalue weighted by molar-refractivity contribution is 6.31. The molecule has 0 aliphatic rings. The predicted molar refractivity (Wildman–Crippen MR) is 84.0 cm³/mol. The molecule has 21 heavy (non-hydrogen) atoms. The predicted octanol–water partition coefficient (Wildman–Crippen LogP) is 1.92. The lowest BCUT2D eigenvalue weighted by molar-refractivity contribution is 0.0943. The summed E-state index contributed by atoms with van der Waals surface area (Å²) >= 11 is 5.88. The van der Waals surface area contributed by atoms with E-state index in [2.05, 4.69) is 17.2 Å². The van der Waals surface area contributed by atoms with E-state index in [1.165, 1.54) is 0 Å². The molecule has 1 heterocycles. The molecular weight excluding hydrogens is 286 g/mol. The number of hydrogen-bond acceptors (Lipinski definition) is 2. The molecule has 1 aromatic heterocycles. The number of carbonyl (C=O) groups excluding carboxylic acids is 1. The first kappa shape index (κ1) is 15.2. The van der Waals surface area contributed by atoms with Crippen LogP contribution in [-0.2, 0) is 13.6 Å². The van der Waals surface area contributed by atoms with Crippen LogP contribution in [0.15, 0.2) is 36.5 Å². The van der Waals surface area contributed by atoms with Crippen molar-refractivity contribution in [2.45, 2.75) is 6.54 Å². The van der Waals surface area contributed by atoms with E-state index in [0.29, 0.717) is 23.8 Å². The Kier molecular flexibility index (Phi) is 5.04. The van der Waals surface area contributed by atoms with Crippen molar-refractivity contribution in [3.05, 3.63) is 58.4 Å². The van der Waals surface area contributed by atoms with Gasteiger partial charge in [-0.3, -0.25) is 4.79 Å². The van der Waals surface area contributed by atoms with Crippen molar-refractivity contribution in [1.29, 1.82) is 0 Å². The van der Waals surface area contributed by atoms with Crippen LogP contribution in [0.25, 0.3) is 0 Å². The maximum atomic E-state index is 12.1. The Morgan fingerprint density at radius 3 is 2.86 bits per heavy atom. The number of amides is 1. The fourth-order valence-electron chi connectivity index (χ4n) is 1.96. The molecule has 1 aromatic carbocycles. The average Bonchev–Trinajstić information content (AvgIpc) is 2.82. The Bertz CT molecular complexity index is 710. The first-order valence-electron chi connectivity index (χ1n) is 6.48. The van der Waals surface area contributed by atoms with Gasteiger partial charge in [0, 0.05) is 25.4 Å². The summed E-state index contributed by atoms with van der Waals surface area (Å²) in [5, 5.41) is 3.41. The van der Waals surface area contributed by atoms with Crippen molar-refractivity contribution in [1.82, 2.24) is 9.88 Å². The van der Waals surface area contributed by atoms with E-state index in [9.17, 15) is 4.79 Å². The summed E-state index contributed by atoms with van der Waals surface area (Å²) < 4.78 is 1.69. The summed E-state index contributed by atoms with van der Waals surface area (Å²) in [7, 11) is 1.78. The molecule has 2 rings (SSSR count). The molecule has 0 spiro atoms. The number of hydrogen-bond donors (Lipinski definition) is 2. The number of rotatable bonds is 3. The zero-order valence-corrected chi connectivity index (χ0v) is 12.4. The number of carbonyl (C=O) groups is 1. The number of aryl methyl sites for hydroxylation is 1. The highest BCUT2D eigenvalue weighted by Gasteiger charge is 2.11. The van der Waals surface area contributed by atoms with E-state index in [1.54, 1.807) is 23.9 Å². The van der Waals surface area contributed by atoms with Gasteiger partial charge in [0.05, 0.1) is 11.6 Å². The second kappa shape index (κ2) is 6.98. The second-order valence-electron chi connectivity index (χ2n) is 4.50. The van der Waals surface area contributed by atoms with Crippen LogP contribution < -0.4 is 11.1 Å². The van der Waals surface area contributed by atoms with Crippen LogP contribution in [0.2, 0.25) is 5.02 Å². The van der Waals surface area contributed by atoms with Gasteiger partial charge in [-0.15, -0.1) is 0 Å². The van der Waals surface area contributed by atoms with Gasteiger partial charge in [-0.1, -0.05) is 41.6 Å². The zero-order chi connectivity index (χ0) is 15.2. The molecule has 0 unspecified atom stereocenters. The van der Waals surface area contributed by atoms with Crippen LogP contribution in [-0.4, -0.2) is 17.0 Å². The summed E-state index contributed by atoms with van der Waals surface area (Å²) in [6.07, 6.45) is 1.69. The van der Waals surface area contributed by atoms with Gasteiger partial charge in [0.2, 0.25) is 0 Å². The minimum absolute atomic E-state index is 0.175. The standard InChI is InChI=1S/C16H16ClN3O/c1-20-11-14(17)9-15(20)16(21)19-10-13-6-3-2-5-12(13)7-4-8-18/h2-3,5-6,9,11H,8,10,18H2,1H3,(H,19,21). The Labute approximate surface area is 128 Å². The van der Waals surface area contributed by atoms with Crippen molar-refractivity contribution < 1.29 is 4.79 Å². The molecule has 0 bridgehead atoms. The van der Waals surface area contributed by atoms with Crippen LogP contribution in [0, 0.1) is 11.8 Å². The molecule has 4 nitrogen and oxygen atoms in total. The van der Waals surface area contributed by atoms with Crippen LogP contribution >= 0.6 is 11.6 Å². The van der Waals surface area contributed by atoms with Gasteiger partial charge in [0.25, 0.3) is 5.91 Å². The second-order valence-corrected chi connectivity index (χ2v) is 4.94. The molecule has 0 saturated heterocycles. The first-order chi connectivity index (χ1) is 10.1. The molecule has 5 heteroatoms. The van der Waals surface area contributed by atoms with E-state index in [-0.39, 0.29) is 5.91 Å². The summed E-state index contributed by atoms with van der Waals surface area (Å²) in [5.41, 5.74) is 7.72. The maximum Gasteiger partial charge on any atom is 0.268 e. The van der Waals surface area contributed by atoms with Gasteiger partial charge in [0.15, 0.2) is 0 Å². The van der Waals surface area contributed by atoms with E-state index in [1.807, 2.05) is 24.3 Å². The third kappa shape index (κ3) is 3.88. The molecule has 0 saturated carbocycles. The van der Waals surface area contributed by atoms with Gasteiger partial charge in [-0.25, -0.2) is 0 Å². The van der Waals surface area contributed by atoms with Gasteiger partial charge in [-0.05, 0) is 17.7 Å². The molecule has 0 aliphatic carbocycles. The Morgan fingerprint density at radius 1 is 1.43 bits per heavy atom. The Hall–Kier alpha value is -2.22. The summed E-state index contributed by atoms with van der Waals surface area (Å²) in [6, 6.07) is 9.29. The van der Waals surface area contributed by atoms with Gasteiger partial charge in [-0.2, -0.15) is 0 Å². The molecule has 3 N–H and O–H groups in total. The smallest absolute Gasteiger partial charge is 0.268 e. The third-order valence-electron chi connectivity index (χ3n) is 2.99. The lowest BCUT2D eigenvalue weighted by Crippen LogP contribution is -2.25. The normalized spacial score (nSPS) is 9.86. The van der Waals surface area contributed by atoms with Crippen molar-refractivity contribution in [3.63, 3.8) is 0 Å². The molecule has 0 aliphatic heterocycles. The highest BCUT2D eigenvalue weighted by atomic mass is 35.5. The van der Waals surface area contributed by atoms with Gasteiger partial charge < -0.3 is 15.6 Å². The summed E-state index contributed by atoms with van der Waals surface area (Å²) in [4.78, 5) is 12.1. The lowest BCUT2D eigenvalue weighted by atomic mass is 10.1. The molecule has 108 valence electrons. The van der Waals surface area contributed by atoms with Crippen LogP contribution in [0.1, 0.15) is 21.6 Å². The summed E-state index contributed by atoms with van der Waals surface area (Å²) in [5.74, 6) is 5.64. The Morgan fingerprint density at radius 2 is 2.19 bits per heavy atom. The fraction of sp³-hybridized carbons (Fsp3) is 0.188. The van der Waals surface area contributed by atoms with E-state index < -0.39 is 0 Å². The van der Waals surface area contributed by atoms with Gasteiger partial charge >= 0.3 is 0 Å². The minimum atomic E-state index is -0.175. The topological polar surface area (TPSA) is 60.0 Å². The van der Waals surface area contributed by atoms with Crippen molar-refractivity contribution in [3.8, 4) is 11.8 Å². The number of nitrogens with two attached hydrogens (primary N) is 1. The lowest BCUT2D eigenvalue weighted by Gasteiger charge is -2.08. The van der Waals surface area contributed by atoms with Crippen LogP contribution in [0.3, 0.4) is 0 Å². The van der Waals surface area contributed by atoms with Crippen molar-refractivity contribution in [2.24, 2.45) is 12.8 Å². The highest BCUT2D eigenvalue weighted by Crippen LogP contribution is 2.13. The quantitative estimate of drug-likeness (QED) is 0.851. The molecule has 0 fully saturated rings. The molecule has 1 amide bonds. The van der Waals surface area contributed by atoms with Gasteiger partial charge in [0.1, 0.15) is 5.69 Å². The molecule has 2 aromatic rings. The molecular formula is C16H16ClN3O.